The Kier molecular flexibility index (Phi) is 16.8. The topological polar surface area (TPSA) is 98.4 Å². The van der Waals surface area contributed by atoms with Gasteiger partial charge in [0.05, 0.1) is 46.5 Å². The molecule has 2 saturated carbocycles. The molecule has 0 bridgehead atoms. The van der Waals surface area contributed by atoms with Crippen molar-refractivity contribution in [2.75, 3.05) is 18.0 Å². The number of anilines is 1. The molecule has 1 N–H and O–H groups in total. The third kappa shape index (κ3) is 12.1. The molecule has 3 aromatic carbocycles. The van der Waals surface area contributed by atoms with Gasteiger partial charge in [0.1, 0.15) is 22.9 Å². The first-order chi connectivity index (χ1) is 33.8. The van der Waals surface area contributed by atoms with E-state index < -0.39 is 18.0 Å². The summed E-state index contributed by atoms with van der Waals surface area (Å²) in [6.07, 6.45) is 19.7. The summed E-state index contributed by atoms with van der Waals surface area (Å²) < 4.78 is 45.2. The van der Waals surface area contributed by atoms with Crippen LogP contribution in [0.2, 0.25) is 0 Å². The molecular weight excluding hydrogens is 902 g/mol. The number of aliphatic carboxylic acids is 1. The number of benzene rings is 3. The van der Waals surface area contributed by atoms with Crippen LogP contribution < -0.4 is 24.4 Å². The summed E-state index contributed by atoms with van der Waals surface area (Å²) in [5, 5.41) is 11.1. The number of aryl methyl sites for hydroxylation is 1. The normalized spacial score (nSPS) is 16.7. The van der Waals surface area contributed by atoms with Crippen molar-refractivity contribution in [1.29, 1.82) is 0 Å². The minimum Gasteiger partial charge on any atom is -0.490 e. The van der Waals surface area contributed by atoms with Crippen LogP contribution in [0, 0.1) is 12.3 Å². The zero-order valence-electron chi connectivity index (χ0n) is 41.9. The van der Waals surface area contributed by atoms with Crippen LogP contribution in [0.3, 0.4) is 0 Å². The maximum atomic E-state index is 12.9. The Balaban J connectivity index is 0.000000190. The van der Waals surface area contributed by atoms with Gasteiger partial charge in [0.15, 0.2) is 0 Å². The quantitative estimate of drug-likeness (QED) is 0.102. The largest absolute Gasteiger partial charge is 0.490 e. The van der Waals surface area contributed by atoms with E-state index >= 15 is 0 Å². The van der Waals surface area contributed by atoms with Crippen LogP contribution >= 0.6 is 7.92 Å². The number of rotatable bonds is 15. The smallest absolute Gasteiger partial charge is 0.387 e. The first-order valence-corrected chi connectivity index (χ1v) is 27.0. The van der Waals surface area contributed by atoms with Gasteiger partial charge in [-0.1, -0.05) is 95.0 Å². The Bertz CT molecular complexity index is 2620. The molecular formula is C58H71F2N4O5P. The zero-order valence-corrected chi connectivity index (χ0v) is 42.8. The summed E-state index contributed by atoms with van der Waals surface area (Å²) in [5.41, 5.74) is 9.33. The van der Waals surface area contributed by atoms with E-state index in [1.54, 1.807) is 36.5 Å². The van der Waals surface area contributed by atoms with Gasteiger partial charge in [0.25, 0.3) is 0 Å². The van der Waals surface area contributed by atoms with E-state index in [9.17, 15) is 18.7 Å². The lowest BCUT2D eigenvalue weighted by molar-refractivity contribution is -0.149. The van der Waals surface area contributed by atoms with E-state index in [1.165, 1.54) is 69.8 Å². The monoisotopic (exact) mass is 973 g/mol. The number of halogens is 2. The second kappa shape index (κ2) is 23.1. The molecule has 3 aromatic heterocycles. The van der Waals surface area contributed by atoms with Crippen LogP contribution in [0.5, 0.6) is 17.2 Å². The number of alkyl halides is 2. The van der Waals surface area contributed by atoms with Gasteiger partial charge in [-0.05, 0) is 145 Å². The van der Waals surface area contributed by atoms with Crippen LogP contribution in [-0.2, 0) is 11.2 Å². The number of nitrogens with zero attached hydrogens (tertiary/aromatic N) is 4. The molecule has 0 unspecified atom stereocenters. The minimum absolute atomic E-state index is 0.128. The highest BCUT2D eigenvalue weighted by molar-refractivity contribution is 7.67. The fraction of sp³-hybridized carbons (Fsp3) is 0.466. The molecule has 0 spiro atoms. The van der Waals surface area contributed by atoms with Gasteiger partial charge in [-0.15, -0.1) is 0 Å². The number of para-hydroxylation sites is 1. The maximum absolute atomic E-state index is 12.9. The first kappa shape index (κ1) is 50.8. The van der Waals surface area contributed by atoms with E-state index in [2.05, 4.69) is 85.0 Å². The molecule has 9 nitrogen and oxygen atoms in total. The van der Waals surface area contributed by atoms with Gasteiger partial charge < -0.3 is 28.6 Å². The summed E-state index contributed by atoms with van der Waals surface area (Å²) in [5.74, 6) is 1.33. The molecule has 0 atom stereocenters. The van der Waals surface area contributed by atoms with Gasteiger partial charge >= 0.3 is 12.6 Å². The molecule has 3 fully saturated rings. The molecule has 12 heteroatoms. The van der Waals surface area contributed by atoms with E-state index in [-0.39, 0.29) is 25.9 Å². The molecule has 6 aromatic rings. The van der Waals surface area contributed by atoms with Crippen molar-refractivity contribution in [3.63, 3.8) is 0 Å². The second-order valence-electron chi connectivity index (χ2n) is 20.2. The molecule has 372 valence electrons. The number of ether oxygens (including phenoxy) is 3. The number of piperidine rings is 1. The molecule has 9 rings (SSSR count). The van der Waals surface area contributed by atoms with Gasteiger partial charge in [-0.3, -0.25) is 9.78 Å². The van der Waals surface area contributed by atoms with Crippen molar-refractivity contribution in [3.8, 4) is 39.6 Å². The number of pyridine rings is 2. The number of fused-ring (bicyclic) bond motifs is 1. The van der Waals surface area contributed by atoms with Crippen LogP contribution in [0.25, 0.3) is 28.0 Å². The molecule has 2 aliphatic carbocycles. The highest BCUT2D eigenvalue weighted by Gasteiger charge is 2.37. The van der Waals surface area contributed by atoms with Crippen LogP contribution in [-0.4, -0.2) is 68.7 Å². The number of carboxylic acid groups (broad SMARTS) is 1. The van der Waals surface area contributed by atoms with Crippen LogP contribution in [0.1, 0.15) is 129 Å². The standard InChI is InChI=1S/C30H43O2P.C28H28F2N4O3/c1-22(2)31-27-19-13-20-28(32-23(3)4)30(27)26-18-11-12-21-29(26)33(24-14-7-5-8-15-24)25-16-9-6-10-17-25;1-18-23(15-19-5-3-4-6-24(19)37-27(29)30)34-17-20(7-10-25(34)32-18)22-9-8-21(16-31-22)33-13-11-28(2,12-14-33)26(35)36/h11-13,18-25H,5-10,14-17H2,1-4H3;3-10,16-17,27H,11-15H2,1-2H3,(H,35,36). The minimum atomic E-state index is -2.89. The number of hydrogen-bond acceptors (Lipinski definition) is 7. The molecule has 0 amide bonds. The number of hydrogen-bond donors (Lipinski definition) is 1. The summed E-state index contributed by atoms with van der Waals surface area (Å²) in [6.45, 7) is 10.6. The van der Waals surface area contributed by atoms with E-state index in [4.69, 9.17) is 14.2 Å². The Morgan fingerprint density at radius 1 is 0.757 bits per heavy atom. The average Bonchev–Trinajstić information content (AvgIpc) is 3.66. The Labute approximate surface area is 414 Å². The number of carboxylic acids is 1. The van der Waals surface area contributed by atoms with Gasteiger partial charge in [0.2, 0.25) is 0 Å². The summed E-state index contributed by atoms with van der Waals surface area (Å²) in [4.78, 5) is 23.0. The van der Waals surface area contributed by atoms with E-state index in [0.717, 1.165) is 62.4 Å². The lowest BCUT2D eigenvalue weighted by atomic mass is 9.80. The highest BCUT2D eigenvalue weighted by Crippen LogP contribution is 2.57. The fourth-order valence-electron chi connectivity index (χ4n) is 10.6. The fourth-order valence-corrected chi connectivity index (χ4v) is 14.6. The number of imidazole rings is 1. The SMILES string of the molecule is CC(C)Oc1cccc(OC(C)C)c1-c1ccccc1P(C1CCCCC1)C1CCCCC1.Cc1nc2ccc(-c3ccc(N4CCC(C)(C(=O)O)CC4)cn3)cn2c1Cc1ccccc1OC(F)F. The molecule has 1 saturated heterocycles. The van der Waals surface area contributed by atoms with Crippen molar-refractivity contribution in [2.45, 2.75) is 155 Å². The van der Waals surface area contributed by atoms with E-state index in [0.29, 0.717) is 37.9 Å². The van der Waals surface area contributed by atoms with E-state index in [1.807, 2.05) is 48.0 Å². The van der Waals surface area contributed by atoms with Gasteiger partial charge in [-0.2, -0.15) is 8.78 Å². The van der Waals surface area contributed by atoms with Crippen molar-refractivity contribution in [3.05, 3.63) is 120 Å². The third-order valence-electron chi connectivity index (χ3n) is 14.4. The lowest BCUT2D eigenvalue weighted by Crippen LogP contribution is -2.42. The van der Waals surface area contributed by atoms with Crippen molar-refractivity contribution in [2.24, 2.45) is 5.41 Å². The first-order valence-electron chi connectivity index (χ1n) is 25.6. The zero-order chi connectivity index (χ0) is 49.4. The highest BCUT2D eigenvalue weighted by atomic mass is 31.1. The number of carbonyl (C=O) groups is 1. The van der Waals surface area contributed by atoms with Gasteiger partial charge in [0, 0.05) is 42.5 Å². The molecule has 1 aliphatic heterocycles. The van der Waals surface area contributed by atoms with Crippen molar-refractivity contribution in [1.82, 2.24) is 14.4 Å². The predicted octanol–water partition coefficient (Wildman–Crippen LogP) is 14.3. The van der Waals surface area contributed by atoms with Crippen molar-refractivity contribution < 1.29 is 32.9 Å². The average molecular weight is 973 g/mol. The maximum Gasteiger partial charge on any atom is 0.387 e. The molecule has 0 radical (unpaired) electrons. The van der Waals surface area contributed by atoms with Crippen molar-refractivity contribution >= 4 is 30.5 Å². The molecule has 70 heavy (non-hydrogen) atoms. The molecule has 4 heterocycles. The Hall–Kier alpha value is -5.54. The summed E-state index contributed by atoms with van der Waals surface area (Å²) >= 11 is 0. The molecule has 3 aliphatic rings. The summed E-state index contributed by atoms with van der Waals surface area (Å²) in [7, 11) is -0.213. The van der Waals surface area contributed by atoms with Crippen LogP contribution in [0.15, 0.2) is 103 Å². The van der Waals surface area contributed by atoms with Crippen LogP contribution in [0.4, 0.5) is 14.5 Å². The Morgan fingerprint density at radius 3 is 1.94 bits per heavy atom. The Morgan fingerprint density at radius 2 is 1.36 bits per heavy atom. The predicted molar refractivity (Wildman–Crippen MR) is 280 cm³/mol. The lowest BCUT2D eigenvalue weighted by Gasteiger charge is -2.39. The third-order valence-corrected chi connectivity index (χ3v) is 17.9. The van der Waals surface area contributed by atoms with Gasteiger partial charge in [-0.25, -0.2) is 4.98 Å². The number of aromatic nitrogens is 3. The second-order valence-corrected chi connectivity index (χ2v) is 22.9. The summed E-state index contributed by atoms with van der Waals surface area (Å²) in [6, 6.07) is 30.2.